The van der Waals surface area contributed by atoms with E-state index in [-0.39, 0.29) is 0 Å². The lowest BCUT2D eigenvalue weighted by molar-refractivity contribution is 0.452. The van der Waals surface area contributed by atoms with Crippen LogP contribution in [0.3, 0.4) is 0 Å². The highest BCUT2D eigenvalue weighted by Crippen LogP contribution is 2.21. The van der Waals surface area contributed by atoms with E-state index >= 15 is 0 Å². The first-order chi connectivity index (χ1) is 8.78. The van der Waals surface area contributed by atoms with Crippen molar-refractivity contribution in [2.45, 2.75) is 11.9 Å². The summed E-state index contributed by atoms with van der Waals surface area (Å²) in [5, 5.41) is 8.97. The highest BCUT2D eigenvalue weighted by Gasteiger charge is 2.01. The van der Waals surface area contributed by atoms with Crippen LogP contribution in [0.25, 0.3) is 0 Å². The van der Waals surface area contributed by atoms with Gasteiger partial charge in [0.05, 0.1) is 0 Å². The van der Waals surface area contributed by atoms with Crippen molar-refractivity contribution in [2.75, 3.05) is 5.75 Å². The first-order valence-electron chi connectivity index (χ1n) is 5.60. The fraction of sp³-hybridized carbons (Fsp3) is 0.143. The van der Waals surface area contributed by atoms with Crippen LogP contribution in [0.5, 0.6) is 11.6 Å². The highest BCUT2D eigenvalue weighted by atomic mass is 32.2. The van der Waals surface area contributed by atoms with E-state index in [1.165, 1.54) is 0 Å². The van der Waals surface area contributed by atoms with Crippen molar-refractivity contribution in [1.29, 1.82) is 0 Å². The second-order valence-electron chi connectivity index (χ2n) is 3.73. The molecule has 0 N–H and O–H groups in total. The first-order valence-corrected chi connectivity index (χ1v) is 6.58. The molecule has 0 aliphatic rings. The van der Waals surface area contributed by atoms with Gasteiger partial charge < -0.3 is 4.74 Å². The smallest absolute Gasteiger partial charge is 0.238 e. The maximum absolute atomic E-state index is 5.62. The van der Waals surface area contributed by atoms with Gasteiger partial charge in [-0.3, -0.25) is 0 Å². The topological polar surface area (TPSA) is 35.0 Å². The number of thioether (sulfide) groups is 1. The lowest BCUT2D eigenvalue weighted by Crippen LogP contribution is -1.91. The van der Waals surface area contributed by atoms with Gasteiger partial charge >= 0.3 is 0 Å². The van der Waals surface area contributed by atoms with E-state index in [0.29, 0.717) is 5.88 Å². The molecular weight excluding hydrogens is 244 g/mol. The van der Waals surface area contributed by atoms with Crippen LogP contribution in [0.4, 0.5) is 0 Å². The van der Waals surface area contributed by atoms with Gasteiger partial charge in [-0.1, -0.05) is 18.2 Å². The zero-order valence-electron chi connectivity index (χ0n) is 10.2. The van der Waals surface area contributed by atoms with Crippen molar-refractivity contribution in [3.05, 3.63) is 54.6 Å². The summed E-state index contributed by atoms with van der Waals surface area (Å²) in [6, 6.07) is 11.5. The molecule has 0 radical (unpaired) electrons. The Kier molecular flexibility index (Phi) is 4.36. The molecule has 1 aromatic heterocycles. The normalized spacial score (nSPS) is 10.1. The summed E-state index contributed by atoms with van der Waals surface area (Å²) in [5.74, 6) is 2.10. The number of hydrogen-bond donors (Lipinski definition) is 0. The predicted octanol–water partition coefficient (Wildman–Crippen LogP) is 3.86. The van der Waals surface area contributed by atoms with E-state index in [0.717, 1.165) is 22.1 Å². The van der Waals surface area contributed by atoms with Crippen molar-refractivity contribution in [3.8, 4) is 11.6 Å². The maximum atomic E-state index is 5.62. The summed E-state index contributed by atoms with van der Waals surface area (Å²) in [7, 11) is 0. The summed E-state index contributed by atoms with van der Waals surface area (Å²) in [5.41, 5.74) is 1.15. The Morgan fingerprint density at radius 2 is 2.17 bits per heavy atom. The largest absolute Gasteiger partial charge is 0.438 e. The fourth-order valence-corrected chi connectivity index (χ4v) is 1.93. The molecule has 0 saturated carbocycles. The number of rotatable bonds is 5. The average molecular weight is 258 g/mol. The average Bonchev–Trinajstić information content (AvgIpc) is 2.38. The number of aromatic nitrogens is 2. The van der Waals surface area contributed by atoms with Crippen molar-refractivity contribution in [2.24, 2.45) is 0 Å². The molecule has 0 fully saturated rings. The van der Waals surface area contributed by atoms with Crippen LogP contribution in [0, 0.1) is 6.92 Å². The van der Waals surface area contributed by atoms with Crippen LogP contribution in [0.1, 0.15) is 5.56 Å². The van der Waals surface area contributed by atoms with E-state index in [1.54, 1.807) is 11.8 Å². The Hall–Kier alpha value is -1.81. The molecule has 3 nitrogen and oxygen atoms in total. The molecule has 0 spiro atoms. The van der Waals surface area contributed by atoms with Crippen molar-refractivity contribution >= 4 is 11.8 Å². The van der Waals surface area contributed by atoms with E-state index < -0.39 is 0 Å². The molecule has 1 aromatic carbocycles. The Balaban J connectivity index is 2.04. The zero-order valence-corrected chi connectivity index (χ0v) is 11.0. The minimum absolute atomic E-state index is 0.503. The zero-order chi connectivity index (χ0) is 12.8. The highest BCUT2D eigenvalue weighted by molar-refractivity contribution is 7.99. The van der Waals surface area contributed by atoms with Gasteiger partial charge in [0.1, 0.15) is 10.8 Å². The van der Waals surface area contributed by atoms with E-state index in [9.17, 15) is 0 Å². The third-order valence-electron chi connectivity index (χ3n) is 2.18. The number of nitrogens with zero attached hydrogens (tertiary/aromatic N) is 2. The fourth-order valence-electron chi connectivity index (χ4n) is 1.38. The molecule has 0 amide bonds. The first kappa shape index (κ1) is 12.6. The number of hydrogen-bond acceptors (Lipinski definition) is 4. The van der Waals surface area contributed by atoms with Crippen LogP contribution in [-0.2, 0) is 0 Å². The minimum atomic E-state index is 0.503. The van der Waals surface area contributed by atoms with Crippen molar-refractivity contribution in [1.82, 2.24) is 10.2 Å². The van der Waals surface area contributed by atoms with Gasteiger partial charge in [-0.15, -0.1) is 28.5 Å². The second kappa shape index (κ2) is 6.21. The molecule has 18 heavy (non-hydrogen) atoms. The van der Waals surface area contributed by atoms with Gasteiger partial charge in [-0.05, 0) is 30.7 Å². The molecule has 92 valence electrons. The van der Waals surface area contributed by atoms with E-state index in [2.05, 4.69) is 16.8 Å². The van der Waals surface area contributed by atoms with Gasteiger partial charge in [-0.2, -0.15) is 0 Å². The van der Waals surface area contributed by atoms with Crippen LogP contribution in [-0.4, -0.2) is 16.0 Å². The van der Waals surface area contributed by atoms with Crippen molar-refractivity contribution in [3.63, 3.8) is 0 Å². The predicted molar refractivity (Wildman–Crippen MR) is 74.2 cm³/mol. The van der Waals surface area contributed by atoms with Crippen LogP contribution in [0.15, 0.2) is 54.1 Å². The Labute approximate surface area is 111 Å². The van der Waals surface area contributed by atoms with Gasteiger partial charge in [0.25, 0.3) is 0 Å². The molecular formula is C14H14N2OS. The molecule has 0 aliphatic heterocycles. The lowest BCUT2D eigenvalue weighted by Gasteiger charge is -2.05. The Bertz CT molecular complexity index is 526. The lowest BCUT2D eigenvalue weighted by atomic mass is 10.2. The van der Waals surface area contributed by atoms with Crippen LogP contribution in [0.2, 0.25) is 0 Å². The number of benzene rings is 1. The van der Waals surface area contributed by atoms with Gasteiger partial charge in [0.2, 0.25) is 5.88 Å². The van der Waals surface area contributed by atoms with E-state index in [1.807, 2.05) is 49.4 Å². The summed E-state index contributed by atoms with van der Waals surface area (Å²) in [6.07, 6.45) is 1.84. The van der Waals surface area contributed by atoms with Crippen molar-refractivity contribution < 1.29 is 4.74 Å². The third kappa shape index (κ3) is 3.60. The molecule has 0 atom stereocenters. The minimum Gasteiger partial charge on any atom is -0.438 e. The van der Waals surface area contributed by atoms with E-state index in [4.69, 9.17) is 4.74 Å². The molecule has 0 bridgehead atoms. The van der Waals surface area contributed by atoms with Gasteiger partial charge in [0.15, 0.2) is 0 Å². The standard InChI is InChI=1S/C14H14N2OS/c1-3-9-18-14-8-7-13(15-16-14)17-12-6-4-5-11(2)10-12/h3-8,10H,1,9H2,2H3. The number of ether oxygens (including phenoxy) is 1. The quantitative estimate of drug-likeness (QED) is 0.602. The van der Waals surface area contributed by atoms with Crippen LogP contribution < -0.4 is 4.74 Å². The molecule has 1 heterocycles. The molecule has 2 rings (SSSR count). The summed E-state index contributed by atoms with van der Waals surface area (Å²) in [4.78, 5) is 0. The molecule has 0 saturated heterocycles. The molecule has 2 aromatic rings. The molecule has 4 heteroatoms. The summed E-state index contributed by atoms with van der Waals surface area (Å²) >= 11 is 1.59. The van der Waals surface area contributed by atoms with Gasteiger partial charge in [-0.25, -0.2) is 0 Å². The van der Waals surface area contributed by atoms with Crippen LogP contribution >= 0.6 is 11.8 Å². The third-order valence-corrected chi connectivity index (χ3v) is 3.09. The second-order valence-corrected chi connectivity index (χ2v) is 4.77. The molecule has 0 unspecified atom stereocenters. The summed E-state index contributed by atoms with van der Waals surface area (Å²) < 4.78 is 5.62. The Morgan fingerprint density at radius 1 is 1.28 bits per heavy atom. The SMILES string of the molecule is C=CCSc1ccc(Oc2cccc(C)c2)nn1. The Morgan fingerprint density at radius 3 is 2.83 bits per heavy atom. The number of aryl methyl sites for hydroxylation is 1. The summed E-state index contributed by atoms with van der Waals surface area (Å²) in [6.45, 7) is 5.69. The van der Waals surface area contributed by atoms with Gasteiger partial charge in [0, 0.05) is 11.8 Å². The maximum Gasteiger partial charge on any atom is 0.238 e. The molecule has 0 aliphatic carbocycles. The monoisotopic (exact) mass is 258 g/mol.